The molecule has 0 aromatic heterocycles. The molecule has 0 saturated carbocycles. The van der Waals surface area contributed by atoms with Crippen LogP contribution in [0.2, 0.25) is 0 Å². The molecule has 2 rings (SSSR count). The van der Waals surface area contributed by atoms with E-state index in [-0.39, 0.29) is 5.82 Å². The van der Waals surface area contributed by atoms with E-state index in [0.717, 1.165) is 11.4 Å². The zero-order valence-electron chi connectivity index (χ0n) is 8.91. The summed E-state index contributed by atoms with van der Waals surface area (Å²) in [5.74, 6) is 0.464. The molecule has 0 unspecified atom stereocenters. The van der Waals surface area contributed by atoms with Crippen molar-refractivity contribution in [2.45, 2.75) is 0 Å². The van der Waals surface area contributed by atoms with Crippen molar-refractivity contribution < 1.29 is 9.13 Å². The number of ether oxygens (including phenoxy) is 1. The molecule has 2 aromatic rings. The highest BCUT2D eigenvalue weighted by atomic mass is 19.1. The van der Waals surface area contributed by atoms with Gasteiger partial charge < -0.3 is 10.1 Å². The van der Waals surface area contributed by atoms with Crippen LogP contribution in [0.5, 0.6) is 5.75 Å². The molecule has 3 heteroatoms. The Balaban J connectivity index is 2.26. The van der Waals surface area contributed by atoms with E-state index in [1.807, 2.05) is 24.3 Å². The Hall–Kier alpha value is -2.03. The number of para-hydroxylation sites is 2. The predicted octanol–water partition coefficient (Wildman–Crippen LogP) is 3.58. The summed E-state index contributed by atoms with van der Waals surface area (Å²) in [5, 5.41) is 3.10. The Morgan fingerprint density at radius 3 is 2.62 bits per heavy atom. The van der Waals surface area contributed by atoms with Gasteiger partial charge in [-0.15, -0.1) is 0 Å². The molecule has 0 aliphatic heterocycles. The molecule has 0 atom stereocenters. The average molecular weight is 217 g/mol. The standard InChI is InChI=1S/C13H12FNO/c1-16-13-8-3-2-7-12(13)15-11-6-4-5-10(14)9-11/h2-9,15H,1H3. The zero-order chi connectivity index (χ0) is 11.4. The third-order valence-corrected chi connectivity index (χ3v) is 2.21. The van der Waals surface area contributed by atoms with Gasteiger partial charge in [-0.1, -0.05) is 18.2 Å². The molecule has 0 amide bonds. The first-order valence-corrected chi connectivity index (χ1v) is 4.95. The monoisotopic (exact) mass is 217 g/mol. The molecule has 2 aromatic carbocycles. The summed E-state index contributed by atoms with van der Waals surface area (Å²) in [5.41, 5.74) is 1.51. The van der Waals surface area contributed by atoms with Crippen molar-refractivity contribution in [3.8, 4) is 5.75 Å². The minimum absolute atomic E-state index is 0.264. The van der Waals surface area contributed by atoms with Gasteiger partial charge in [-0.25, -0.2) is 4.39 Å². The van der Waals surface area contributed by atoms with Crippen LogP contribution in [-0.4, -0.2) is 7.11 Å². The average Bonchev–Trinajstić information content (AvgIpc) is 2.30. The highest BCUT2D eigenvalue weighted by Gasteiger charge is 2.01. The number of methoxy groups -OCH3 is 1. The summed E-state index contributed by atoms with van der Waals surface area (Å²) < 4.78 is 18.2. The Labute approximate surface area is 93.7 Å². The van der Waals surface area contributed by atoms with E-state index in [2.05, 4.69) is 5.32 Å². The number of hydrogen-bond acceptors (Lipinski definition) is 2. The molecule has 0 bridgehead atoms. The van der Waals surface area contributed by atoms with E-state index in [1.165, 1.54) is 12.1 Å². The topological polar surface area (TPSA) is 21.3 Å². The van der Waals surface area contributed by atoms with E-state index in [9.17, 15) is 4.39 Å². The van der Waals surface area contributed by atoms with Gasteiger partial charge in [0.25, 0.3) is 0 Å². The number of hydrogen-bond donors (Lipinski definition) is 1. The second kappa shape index (κ2) is 4.66. The molecule has 2 nitrogen and oxygen atoms in total. The Bertz CT molecular complexity index is 485. The molecule has 0 aliphatic carbocycles. The lowest BCUT2D eigenvalue weighted by Crippen LogP contribution is -1.94. The van der Waals surface area contributed by atoms with Crippen molar-refractivity contribution >= 4 is 11.4 Å². The fourth-order valence-electron chi connectivity index (χ4n) is 1.47. The Kier molecular flexibility index (Phi) is 3.05. The van der Waals surface area contributed by atoms with Crippen molar-refractivity contribution in [1.82, 2.24) is 0 Å². The van der Waals surface area contributed by atoms with E-state index < -0.39 is 0 Å². The van der Waals surface area contributed by atoms with Crippen LogP contribution in [0.3, 0.4) is 0 Å². The summed E-state index contributed by atoms with van der Waals surface area (Å²) >= 11 is 0. The molecule has 0 fully saturated rings. The fourth-order valence-corrected chi connectivity index (χ4v) is 1.47. The van der Waals surface area contributed by atoms with Crippen LogP contribution < -0.4 is 10.1 Å². The maximum atomic E-state index is 13.0. The summed E-state index contributed by atoms with van der Waals surface area (Å²) in [7, 11) is 1.60. The van der Waals surface area contributed by atoms with Crippen LogP contribution in [-0.2, 0) is 0 Å². The van der Waals surface area contributed by atoms with Gasteiger partial charge in [0.05, 0.1) is 12.8 Å². The van der Waals surface area contributed by atoms with Crippen LogP contribution in [0.25, 0.3) is 0 Å². The molecular formula is C13H12FNO. The lowest BCUT2D eigenvalue weighted by Gasteiger charge is -2.10. The van der Waals surface area contributed by atoms with Crippen LogP contribution in [0.4, 0.5) is 15.8 Å². The molecule has 1 N–H and O–H groups in total. The van der Waals surface area contributed by atoms with Crippen molar-refractivity contribution in [3.05, 3.63) is 54.3 Å². The lowest BCUT2D eigenvalue weighted by molar-refractivity contribution is 0.417. The fraction of sp³-hybridized carbons (Fsp3) is 0.0769. The molecule has 0 spiro atoms. The summed E-state index contributed by atoms with van der Waals surface area (Å²) in [6.45, 7) is 0. The highest BCUT2D eigenvalue weighted by Crippen LogP contribution is 2.26. The first-order chi connectivity index (χ1) is 7.79. The minimum atomic E-state index is -0.264. The number of nitrogens with one attached hydrogen (secondary N) is 1. The second-order valence-electron chi connectivity index (χ2n) is 3.34. The van der Waals surface area contributed by atoms with Gasteiger partial charge >= 0.3 is 0 Å². The molecule has 0 radical (unpaired) electrons. The van der Waals surface area contributed by atoms with Crippen molar-refractivity contribution in [2.24, 2.45) is 0 Å². The first-order valence-electron chi connectivity index (χ1n) is 4.95. The van der Waals surface area contributed by atoms with Gasteiger partial charge in [0.2, 0.25) is 0 Å². The molecule has 82 valence electrons. The highest BCUT2D eigenvalue weighted by molar-refractivity contribution is 5.65. The zero-order valence-corrected chi connectivity index (χ0v) is 8.91. The summed E-state index contributed by atoms with van der Waals surface area (Å²) in [4.78, 5) is 0. The van der Waals surface area contributed by atoms with Crippen molar-refractivity contribution in [3.63, 3.8) is 0 Å². The Morgan fingerprint density at radius 2 is 1.88 bits per heavy atom. The minimum Gasteiger partial charge on any atom is -0.495 e. The van der Waals surface area contributed by atoms with Gasteiger partial charge in [0, 0.05) is 5.69 Å². The molecule has 0 aliphatic rings. The van der Waals surface area contributed by atoms with Crippen LogP contribution in [0.1, 0.15) is 0 Å². The third-order valence-electron chi connectivity index (χ3n) is 2.21. The van der Waals surface area contributed by atoms with E-state index in [0.29, 0.717) is 5.69 Å². The smallest absolute Gasteiger partial charge is 0.142 e. The van der Waals surface area contributed by atoms with Crippen molar-refractivity contribution in [2.75, 3.05) is 12.4 Å². The normalized spacial score (nSPS) is 9.88. The van der Waals surface area contributed by atoms with Crippen LogP contribution in [0.15, 0.2) is 48.5 Å². The van der Waals surface area contributed by atoms with Gasteiger partial charge in [-0.3, -0.25) is 0 Å². The van der Waals surface area contributed by atoms with E-state index in [4.69, 9.17) is 4.74 Å². The predicted molar refractivity (Wildman–Crippen MR) is 62.7 cm³/mol. The van der Waals surface area contributed by atoms with E-state index in [1.54, 1.807) is 19.2 Å². The molecular weight excluding hydrogens is 205 g/mol. The van der Waals surface area contributed by atoms with Gasteiger partial charge in [0.15, 0.2) is 0 Å². The lowest BCUT2D eigenvalue weighted by atomic mass is 10.2. The van der Waals surface area contributed by atoms with Gasteiger partial charge in [0.1, 0.15) is 11.6 Å². The molecule has 0 heterocycles. The number of halogens is 1. The van der Waals surface area contributed by atoms with Gasteiger partial charge in [-0.2, -0.15) is 0 Å². The second-order valence-corrected chi connectivity index (χ2v) is 3.34. The van der Waals surface area contributed by atoms with Gasteiger partial charge in [-0.05, 0) is 30.3 Å². The maximum absolute atomic E-state index is 13.0. The quantitative estimate of drug-likeness (QED) is 0.848. The number of anilines is 2. The molecule has 16 heavy (non-hydrogen) atoms. The first kappa shape index (κ1) is 10.5. The third kappa shape index (κ3) is 2.31. The summed E-state index contributed by atoms with van der Waals surface area (Å²) in [6.07, 6.45) is 0. The van der Waals surface area contributed by atoms with Crippen LogP contribution in [0, 0.1) is 5.82 Å². The Morgan fingerprint density at radius 1 is 1.06 bits per heavy atom. The largest absolute Gasteiger partial charge is 0.495 e. The van der Waals surface area contributed by atoms with Crippen molar-refractivity contribution in [1.29, 1.82) is 0 Å². The molecule has 0 saturated heterocycles. The number of benzene rings is 2. The van der Waals surface area contributed by atoms with E-state index >= 15 is 0 Å². The SMILES string of the molecule is COc1ccccc1Nc1cccc(F)c1. The number of rotatable bonds is 3. The van der Waals surface area contributed by atoms with Crippen LogP contribution >= 0.6 is 0 Å². The summed E-state index contributed by atoms with van der Waals surface area (Å²) in [6, 6.07) is 13.8. The maximum Gasteiger partial charge on any atom is 0.142 e.